The van der Waals surface area contributed by atoms with Gasteiger partial charge in [-0.2, -0.15) is 4.31 Å². The molecule has 0 radical (unpaired) electrons. The molecule has 0 bridgehead atoms. The lowest BCUT2D eigenvalue weighted by Crippen LogP contribution is -2.43. The van der Waals surface area contributed by atoms with E-state index in [0.717, 1.165) is 12.1 Å². The maximum atomic E-state index is 14.6. The van der Waals surface area contributed by atoms with E-state index < -0.39 is 39.8 Å². The van der Waals surface area contributed by atoms with Gasteiger partial charge in [-0.1, -0.05) is 0 Å². The largest absolute Gasteiger partial charge is 0.368 e. The Balaban J connectivity index is 2.30. The fourth-order valence-electron chi connectivity index (χ4n) is 3.02. The molecule has 0 saturated carbocycles. The van der Waals surface area contributed by atoms with Crippen LogP contribution in [0.15, 0.2) is 12.1 Å². The van der Waals surface area contributed by atoms with Crippen molar-refractivity contribution in [2.75, 3.05) is 12.4 Å². The molecule has 1 aliphatic heterocycles. The highest BCUT2D eigenvalue weighted by Crippen LogP contribution is 2.31. The Morgan fingerprint density at radius 3 is 2.58 bits per heavy atom. The number of halogens is 2. The second-order valence-electron chi connectivity index (χ2n) is 7.04. The summed E-state index contributed by atoms with van der Waals surface area (Å²) < 4.78 is 60.0. The lowest BCUT2D eigenvalue weighted by atomic mass is 9.95. The summed E-state index contributed by atoms with van der Waals surface area (Å²) in [6.07, 6.45) is 1.23. The first kappa shape index (κ1) is 20.7. The third-order valence-electron chi connectivity index (χ3n) is 4.56. The van der Waals surface area contributed by atoms with Crippen molar-refractivity contribution in [2.45, 2.75) is 51.8 Å². The van der Waals surface area contributed by atoms with E-state index in [2.05, 4.69) is 0 Å². The normalized spacial score (nSPS) is 20.9. The van der Waals surface area contributed by atoms with Gasteiger partial charge in [-0.25, -0.2) is 17.2 Å². The molecule has 26 heavy (non-hydrogen) atoms. The molecule has 2 rings (SSSR count). The zero-order valence-corrected chi connectivity index (χ0v) is 15.9. The van der Waals surface area contributed by atoms with Crippen molar-refractivity contribution in [3.63, 3.8) is 0 Å². The molecular formula is C17H24F2N2O4S. The second-order valence-corrected chi connectivity index (χ2v) is 9.08. The third kappa shape index (κ3) is 4.57. The number of sulfonamides is 1. The number of hydrogen-bond acceptors (Lipinski definition) is 4. The fourth-order valence-corrected chi connectivity index (χ4v) is 4.77. The molecule has 1 aliphatic rings. The van der Waals surface area contributed by atoms with Crippen molar-refractivity contribution in [3.8, 4) is 0 Å². The predicted octanol–water partition coefficient (Wildman–Crippen LogP) is 2.02. The number of carbonyl (C=O) groups is 1. The number of nitrogens with two attached hydrogens (primary N) is 1. The molecule has 1 saturated heterocycles. The molecule has 1 aromatic rings. The van der Waals surface area contributed by atoms with E-state index >= 15 is 0 Å². The van der Waals surface area contributed by atoms with Gasteiger partial charge < -0.3 is 10.5 Å². The fraction of sp³-hybridized carbons (Fsp3) is 0.588. The minimum Gasteiger partial charge on any atom is -0.368 e. The third-order valence-corrected chi connectivity index (χ3v) is 6.57. The molecule has 0 aromatic heterocycles. The van der Waals surface area contributed by atoms with Crippen molar-refractivity contribution in [1.82, 2.24) is 4.31 Å². The molecule has 9 heteroatoms. The highest BCUT2D eigenvalue weighted by molar-refractivity contribution is 7.89. The van der Waals surface area contributed by atoms with Gasteiger partial charge in [0.05, 0.1) is 11.4 Å². The summed E-state index contributed by atoms with van der Waals surface area (Å²) in [6, 6.07) is 1.69. The minimum absolute atomic E-state index is 0.00745. The van der Waals surface area contributed by atoms with Gasteiger partial charge in [-0.05, 0) is 45.7 Å². The first-order chi connectivity index (χ1) is 11.9. The molecule has 146 valence electrons. The molecule has 1 aromatic carbocycles. The number of rotatable bonds is 6. The van der Waals surface area contributed by atoms with Crippen LogP contribution in [0.5, 0.6) is 0 Å². The van der Waals surface area contributed by atoms with Crippen LogP contribution in [0.25, 0.3) is 0 Å². The van der Waals surface area contributed by atoms with E-state index in [4.69, 9.17) is 10.5 Å². The summed E-state index contributed by atoms with van der Waals surface area (Å²) in [6.45, 7) is 4.07. The van der Waals surface area contributed by atoms with E-state index in [1.54, 1.807) is 6.92 Å². The summed E-state index contributed by atoms with van der Waals surface area (Å²) in [5.41, 5.74) is 3.62. The van der Waals surface area contributed by atoms with E-state index in [0.29, 0.717) is 12.8 Å². The van der Waals surface area contributed by atoms with Crippen LogP contribution in [0.3, 0.4) is 0 Å². The van der Waals surface area contributed by atoms with Crippen molar-refractivity contribution < 1.29 is 26.7 Å². The Morgan fingerprint density at radius 1 is 1.35 bits per heavy atom. The van der Waals surface area contributed by atoms with Gasteiger partial charge in [0.1, 0.15) is 18.2 Å². The SMILES string of the molecule is C[C@H]1CCCS(=O)(=O)N1Cc1cc(F)c(C(C)(C)OCC(N)=O)cc1F. The van der Waals surface area contributed by atoms with E-state index in [1.807, 2.05) is 0 Å². The van der Waals surface area contributed by atoms with Crippen molar-refractivity contribution >= 4 is 15.9 Å². The first-order valence-corrected chi connectivity index (χ1v) is 9.95. The molecule has 1 fully saturated rings. The molecule has 2 N–H and O–H groups in total. The molecule has 1 heterocycles. The number of hydrogen-bond donors (Lipinski definition) is 1. The van der Waals surface area contributed by atoms with Crippen molar-refractivity contribution in [2.24, 2.45) is 5.73 Å². The zero-order chi connectivity index (χ0) is 19.7. The Bertz CT molecular complexity index is 796. The van der Waals surface area contributed by atoms with Gasteiger partial charge in [-0.15, -0.1) is 0 Å². The summed E-state index contributed by atoms with van der Waals surface area (Å²) >= 11 is 0. The topological polar surface area (TPSA) is 89.7 Å². The van der Waals surface area contributed by atoms with E-state index in [9.17, 15) is 22.0 Å². The van der Waals surface area contributed by atoms with Gasteiger partial charge in [0.25, 0.3) is 0 Å². The standard InChI is InChI=1S/C17H24F2N2O4S/c1-11-5-4-6-26(23,24)21(11)9-12-7-15(19)13(8-14(12)18)17(2,3)25-10-16(20)22/h7-8,11H,4-6,9-10H2,1-3H3,(H2,20,22)/t11-/m0/s1. The highest BCUT2D eigenvalue weighted by atomic mass is 32.2. The molecule has 1 amide bonds. The number of amides is 1. The van der Waals surface area contributed by atoms with Crippen LogP contribution in [-0.2, 0) is 31.7 Å². The monoisotopic (exact) mass is 390 g/mol. The minimum atomic E-state index is -3.49. The average molecular weight is 390 g/mol. The van der Waals surface area contributed by atoms with Crippen LogP contribution in [-0.4, -0.2) is 37.0 Å². The molecule has 0 spiro atoms. The number of benzene rings is 1. The van der Waals surface area contributed by atoms with Gasteiger partial charge in [0.15, 0.2) is 0 Å². The quantitative estimate of drug-likeness (QED) is 0.805. The summed E-state index contributed by atoms with van der Waals surface area (Å²) in [5, 5.41) is 0. The van der Waals surface area contributed by atoms with Gasteiger partial charge >= 0.3 is 0 Å². The van der Waals surface area contributed by atoms with Crippen LogP contribution in [0.4, 0.5) is 8.78 Å². The predicted molar refractivity (Wildman–Crippen MR) is 92.6 cm³/mol. The number of nitrogens with zero attached hydrogens (tertiary/aromatic N) is 1. The lowest BCUT2D eigenvalue weighted by molar-refractivity contribution is -0.128. The molecule has 6 nitrogen and oxygen atoms in total. The van der Waals surface area contributed by atoms with E-state index in [-0.39, 0.29) is 29.5 Å². The Morgan fingerprint density at radius 2 is 2.00 bits per heavy atom. The number of carbonyl (C=O) groups excluding carboxylic acids is 1. The number of ether oxygens (including phenoxy) is 1. The van der Waals surface area contributed by atoms with E-state index in [1.165, 1.54) is 18.2 Å². The molecule has 0 unspecified atom stereocenters. The average Bonchev–Trinajstić information content (AvgIpc) is 2.51. The first-order valence-electron chi connectivity index (χ1n) is 8.34. The van der Waals surface area contributed by atoms with Crippen LogP contribution in [0.1, 0.15) is 44.7 Å². The summed E-state index contributed by atoms with van der Waals surface area (Å²) in [5.74, 6) is -2.18. The zero-order valence-electron chi connectivity index (χ0n) is 15.1. The van der Waals surface area contributed by atoms with Crippen LogP contribution < -0.4 is 5.73 Å². The van der Waals surface area contributed by atoms with Crippen LogP contribution in [0, 0.1) is 11.6 Å². The van der Waals surface area contributed by atoms with Crippen LogP contribution >= 0.6 is 0 Å². The Labute approximate surface area is 152 Å². The Hall–Kier alpha value is -1.58. The van der Waals surface area contributed by atoms with Crippen LogP contribution in [0.2, 0.25) is 0 Å². The number of primary amides is 1. The maximum Gasteiger partial charge on any atom is 0.243 e. The molecule has 0 aliphatic carbocycles. The van der Waals surface area contributed by atoms with Gasteiger partial charge in [0.2, 0.25) is 15.9 Å². The maximum absolute atomic E-state index is 14.6. The molecule has 1 atom stereocenters. The van der Waals surface area contributed by atoms with Crippen molar-refractivity contribution in [3.05, 3.63) is 34.9 Å². The van der Waals surface area contributed by atoms with Crippen molar-refractivity contribution in [1.29, 1.82) is 0 Å². The summed E-state index contributed by atoms with van der Waals surface area (Å²) in [7, 11) is -3.49. The highest BCUT2D eigenvalue weighted by Gasteiger charge is 2.33. The van der Waals surface area contributed by atoms with Gasteiger partial charge in [-0.3, -0.25) is 4.79 Å². The Kier molecular flexibility index (Phi) is 6.04. The molecular weight excluding hydrogens is 366 g/mol. The second kappa shape index (κ2) is 7.58. The summed E-state index contributed by atoms with van der Waals surface area (Å²) in [4.78, 5) is 10.9. The lowest BCUT2D eigenvalue weighted by Gasteiger charge is -2.33. The van der Waals surface area contributed by atoms with Gasteiger partial charge in [0, 0.05) is 23.7 Å². The smallest absolute Gasteiger partial charge is 0.243 e.